The van der Waals surface area contributed by atoms with E-state index < -0.39 is 0 Å². The second kappa shape index (κ2) is 9.09. The molecule has 0 spiro atoms. The van der Waals surface area contributed by atoms with E-state index in [0.717, 1.165) is 42.9 Å². The maximum absolute atomic E-state index is 13.0. The Hall–Kier alpha value is -3.40. The molecule has 0 saturated carbocycles. The van der Waals surface area contributed by atoms with E-state index in [9.17, 15) is 4.79 Å². The number of nitrogens with zero attached hydrogens (tertiary/aromatic N) is 3. The van der Waals surface area contributed by atoms with Crippen molar-refractivity contribution in [3.8, 4) is 0 Å². The number of carbonyl (C=O) groups is 1. The molecule has 174 valence electrons. The zero-order chi connectivity index (χ0) is 23.8. The predicted molar refractivity (Wildman–Crippen MR) is 138 cm³/mol. The molecule has 4 aromatic rings. The standard InChI is InChI=1S/C30H33N3O/c1-20-16-21(2)23(4)26(22(20)3)19-33-28-13-9-8-12-27(28)31-30(33)25-17-29(34)32(18-25)15-14-24-10-6-5-7-11-24/h5-13,16,25H,14-15,17-19H2,1-4H3. The van der Waals surface area contributed by atoms with Crippen LogP contribution in [0, 0.1) is 27.7 Å². The molecule has 1 atom stereocenters. The molecular formula is C30H33N3O. The van der Waals surface area contributed by atoms with E-state index in [1.165, 1.54) is 33.4 Å². The Morgan fingerprint density at radius 1 is 0.912 bits per heavy atom. The number of benzene rings is 3. The third kappa shape index (κ3) is 4.13. The first-order valence-electron chi connectivity index (χ1n) is 12.3. The van der Waals surface area contributed by atoms with Gasteiger partial charge in [-0.3, -0.25) is 4.79 Å². The van der Waals surface area contributed by atoms with Crippen molar-refractivity contribution in [2.45, 2.75) is 53.0 Å². The molecule has 34 heavy (non-hydrogen) atoms. The van der Waals surface area contributed by atoms with Gasteiger partial charge in [0, 0.05) is 32.0 Å². The molecule has 1 amide bonds. The smallest absolute Gasteiger partial charge is 0.223 e. The number of aromatic nitrogens is 2. The summed E-state index contributed by atoms with van der Waals surface area (Å²) in [5.74, 6) is 1.38. The molecule has 3 aromatic carbocycles. The fraction of sp³-hybridized carbons (Fsp3) is 0.333. The fourth-order valence-corrected chi connectivity index (χ4v) is 5.34. The lowest BCUT2D eigenvalue weighted by Gasteiger charge is -2.20. The summed E-state index contributed by atoms with van der Waals surface area (Å²) in [6.07, 6.45) is 1.42. The van der Waals surface area contributed by atoms with Crippen LogP contribution in [0.3, 0.4) is 0 Å². The van der Waals surface area contributed by atoms with Gasteiger partial charge in [-0.2, -0.15) is 0 Å². The van der Waals surface area contributed by atoms with Crippen molar-refractivity contribution in [1.29, 1.82) is 0 Å². The quantitative estimate of drug-likeness (QED) is 0.367. The minimum atomic E-state index is 0.113. The monoisotopic (exact) mass is 451 g/mol. The summed E-state index contributed by atoms with van der Waals surface area (Å²) < 4.78 is 2.36. The van der Waals surface area contributed by atoms with Crippen molar-refractivity contribution >= 4 is 16.9 Å². The molecule has 0 radical (unpaired) electrons. The maximum atomic E-state index is 13.0. The topological polar surface area (TPSA) is 38.1 Å². The molecule has 2 heterocycles. The average Bonchev–Trinajstić information content (AvgIpc) is 3.40. The summed E-state index contributed by atoms with van der Waals surface area (Å²) in [7, 11) is 0. The van der Waals surface area contributed by atoms with Crippen molar-refractivity contribution in [3.05, 3.63) is 99.9 Å². The van der Waals surface area contributed by atoms with Crippen molar-refractivity contribution in [1.82, 2.24) is 14.5 Å². The highest BCUT2D eigenvalue weighted by atomic mass is 16.2. The van der Waals surface area contributed by atoms with E-state index in [1.54, 1.807) is 0 Å². The van der Waals surface area contributed by atoms with Crippen LogP contribution >= 0.6 is 0 Å². The van der Waals surface area contributed by atoms with Gasteiger partial charge in [0.2, 0.25) is 5.91 Å². The summed E-state index contributed by atoms with van der Waals surface area (Å²) in [4.78, 5) is 20.0. The highest BCUT2D eigenvalue weighted by Gasteiger charge is 2.34. The Morgan fingerprint density at radius 2 is 1.59 bits per heavy atom. The number of likely N-dealkylation sites (tertiary alicyclic amines) is 1. The summed E-state index contributed by atoms with van der Waals surface area (Å²) in [5, 5.41) is 0. The van der Waals surface area contributed by atoms with Gasteiger partial charge in [-0.25, -0.2) is 4.98 Å². The van der Waals surface area contributed by atoms with Crippen LogP contribution in [0.4, 0.5) is 0 Å². The third-order valence-electron chi connectivity index (χ3n) is 7.61. The second-order valence-electron chi connectivity index (χ2n) is 9.76. The van der Waals surface area contributed by atoms with E-state index in [-0.39, 0.29) is 11.8 Å². The molecule has 4 heteroatoms. The number of imidazole rings is 1. The predicted octanol–water partition coefficient (Wildman–Crippen LogP) is 5.88. The van der Waals surface area contributed by atoms with E-state index in [4.69, 9.17) is 4.98 Å². The molecule has 1 fully saturated rings. The Kier molecular flexibility index (Phi) is 5.99. The molecule has 1 aliphatic heterocycles. The van der Waals surface area contributed by atoms with Crippen LogP contribution in [0.15, 0.2) is 60.7 Å². The van der Waals surface area contributed by atoms with Crippen LogP contribution in [0.2, 0.25) is 0 Å². The lowest BCUT2D eigenvalue weighted by Crippen LogP contribution is -2.27. The first-order valence-corrected chi connectivity index (χ1v) is 12.3. The summed E-state index contributed by atoms with van der Waals surface area (Å²) in [5.41, 5.74) is 10.1. The highest BCUT2D eigenvalue weighted by Crippen LogP contribution is 2.32. The summed E-state index contributed by atoms with van der Waals surface area (Å²) in [6.45, 7) is 11.1. The Bertz CT molecular complexity index is 1330. The normalized spacial score (nSPS) is 16.1. The van der Waals surface area contributed by atoms with Crippen LogP contribution in [0.5, 0.6) is 0 Å². The van der Waals surface area contributed by atoms with Crippen LogP contribution in [-0.2, 0) is 17.8 Å². The molecule has 0 aliphatic carbocycles. The fourth-order valence-electron chi connectivity index (χ4n) is 5.34. The van der Waals surface area contributed by atoms with Crippen molar-refractivity contribution in [2.75, 3.05) is 13.1 Å². The Morgan fingerprint density at radius 3 is 2.32 bits per heavy atom. The number of para-hydroxylation sites is 2. The van der Waals surface area contributed by atoms with Crippen LogP contribution in [0.25, 0.3) is 11.0 Å². The van der Waals surface area contributed by atoms with E-state index in [0.29, 0.717) is 6.42 Å². The van der Waals surface area contributed by atoms with Crippen molar-refractivity contribution in [3.63, 3.8) is 0 Å². The van der Waals surface area contributed by atoms with Crippen LogP contribution < -0.4 is 0 Å². The maximum Gasteiger partial charge on any atom is 0.223 e. The van der Waals surface area contributed by atoms with Gasteiger partial charge in [-0.15, -0.1) is 0 Å². The lowest BCUT2D eigenvalue weighted by atomic mass is 9.94. The van der Waals surface area contributed by atoms with E-state index in [1.807, 2.05) is 17.0 Å². The molecule has 1 saturated heterocycles. The first kappa shape index (κ1) is 22.4. The van der Waals surface area contributed by atoms with Gasteiger partial charge < -0.3 is 9.47 Å². The van der Waals surface area contributed by atoms with Gasteiger partial charge in [-0.1, -0.05) is 48.5 Å². The Labute approximate surface area is 202 Å². The molecule has 1 unspecified atom stereocenters. The number of aryl methyl sites for hydroxylation is 2. The largest absolute Gasteiger partial charge is 0.342 e. The number of hydrogen-bond donors (Lipinski definition) is 0. The minimum Gasteiger partial charge on any atom is -0.342 e. The van der Waals surface area contributed by atoms with Gasteiger partial charge in [-0.05, 0) is 79.6 Å². The zero-order valence-corrected chi connectivity index (χ0v) is 20.6. The average molecular weight is 452 g/mol. The molecule has 5 rings (SSSR count). The number of rotatable bonds is 6. The molecule has 4 nitrogen and oxygen atoms in total. The van der Waals surface area contributed by atoms with Crippen LogP contribution in [-0.4, -0.2) is 33.4 Å². The van der Waals surface area contributed by atoms with Crippen molar-refractivity contribution in [2.24, 2.45) is 0 Å². The zero-order valence-electron chi connectivity index (χ0n) is 20.6. The first-order chi connectivity index (χ1) is 16.4. The SMILES string of the molecule is Cc1cc(C)c(C)c(Cn2c(C3CC(=O)N(CCc4ccccc4)C3)nc3ccccc32)c1C. The van der Waals surface area contributed by atoms with Crippen molar-refractivity contribution < 1.29 is 4.79 Å². The summed E-state index contributed by atoms with van der Waals surface area (Å²) >= 11 is 0. The minimum absolute atomic E-state index is 0.113. The van der Waals surface area contributed by atoms with Gasteiger partial charge in [0.1, 0.15) is 5.82 Å². The molecule has 0 N–H and O–H groups in total. The molecule has 1 aromatic heterocycles. The summed E-state index contributed by atoms with van der Waals surface area (Å²) in [6, 6.07) is 21.1. The highest BCUT2D eigenvalue weighted by molar-refractivity contribution is 5.81. The third-order valence-corrected chi connectivity index (χ3v) is 7.61. The van der Waals surface area contributed by atoms with Gasteiger partial charge >= 0.3 is 0 Å². The van der Waals surface area contributed by atoms with Gasteiger partial charge in [0.05, 0.1) is 11.0 Å². The number of amides is 1. The second-order valence-corrected chi connectivity index (χ2v) is 9.76. The molecule has 1 aliphatic rings. The van der Waals surface area contributed by atoms with Gasteiger partial charge in [0.25, 0.3) is 0 Å². The van der Waals surface area contributed by atoms with Gasteiger partial charge in [0.15, 0.2) is 0 Å². The van der Waals surface area contributed by atoms with Crippen LogP contribution in [0.1, 0.15) is 51.5 Å². The molecule has 0 bridgehead atoms. The number of hydrogen-bond acceptors (Lipinski definition) is 2. The van der Waals surface area contributed by atoms with E-state index in [2.05, 4.69) is 80.8 Å². The van der Waals surface area contributed by atoms with E-state index >= 15 is 0 Å². The lowest BCUT2D eigenvalue weighted by molar-refractivity contribution is -0.127. The molecular weight excluding hydrogens is 418 g/mol. The Balaban J connectivity index is 1.47. The number of fused-ring (bicyclic) bond motifs is 1. The number of carbonyl (C=O) groups excluding carboxylic acids is 1.